The molecule has 0 saturated carbocycles. The Labute approximate surface area is 59.0 Å². The summed E-state index contributed by atoms with van der Waals surface area (Å²) < 4.78 is 4.59. The van der Waals surface area contributed by atoms with E-state index < -0.39 is 6.09 Å². The molecule has 58 valence electrons. The highest BCUT2D eigenvalue weighted by atomic mass is 16.7. The van der Waals surface area contributed by atoms with Gasteiger partial charge in [-0.15, -0.1) is 0 Å². The van der Waals surface area contributed by atoms with Crippen LogP contribution in [0.3, 0.4) is 0 Å². The quantitative estimate of drug-likeness (QED) is 0.251. The molecule has 0 aliphatic rings. The van der Waals surface area contributed by atoms with E-state index in [1.165, 1.54) is 14.2 Å². The van der Waals surface area contributed by atoms with Gasteiger partial charge in [-0.05, 0) is 5.16 Å². The first-order chi connectivity index (χ1) is 4.70. The maximum absolute atomic E-state index is 10.3. The van der Waals surface area contributed by atoms with Crippen LogP contribution in [0.15, 0.2) is 5.16 Å². The Morgan fingerprint density at radius 3 is 2.60 bits per heavy atom. The maximum atomic E-state index is 10.3. The van der Waals surface area contributed by atoms with Crippen molar-refractivity contribution in [3.8, 4) is 0 Å². The normalized spacial score (nSPS) is 10.5. The van der Waals surface area contributed by atoms with Crippen LogP contribution in [0.5, 0.6) is 0 Å². The van der Waals surface area contributed by atoms with E-state index in [0.717, 1.165) is 0 Å². The highest BCUT2D eigenvalue weighted by Gasteiger charge is 1.95. The molecule has 0 rings (SSSR count). The van der Waals surface area contributed by atoms with Crippen molar-refractivity contribution in [2.45, 2.75) is 6.92 Å². The fourth-order valence-corrected chi connectivity index (χ4v) is 0.189. The summed E-state index contributed by atoms with van der Waals surface area (Å²) in [4.78, 5) is 14.6. The van der Waals surface area contributed by atoms with Crippen molar-refractivity contribution >= 4 is 12.0 Å². The van der Waals surface area contributed by atoms with Crippen molar-refractivity contribution in [1.82, 2.24) is 5.32 Å². The molecule has 0 atom stereocenters. The van der Waals surface area contributed by atoms with Crippen molar-refractivity contribution in [3.05, 3.63) is 0 Å². The molecule has 10 heavy (non-hydrogen) atoms. The molecule has 5 nitrogen and oxygen atoms in total. The van der Waals surface area contributed by atoms with Crippen molar-refractivity contribution < 1.29 is 14.4 Å². The van der Waals surface area contributed by atoms with Crippen LogP contribution in [-0.4, -0.2) is 26.1 Å². The second-order valence-corrected chi connectivity index (χ2v) is 1.44. The van der Waals surface area contributed by atoms with Crippen molar-refractivity contribution in [1.29, 1.82) is 0 Å². The third kappa shape index (κ3) is 3.71. The lowest BCUT2D eigenvalue weighted by atomic mass is 10.8. The monoisotopic (exact) mass is 146 g/mol. The zero-order valence-corrected chi connectivity index (χ0v) is 6.17. The van der Waals surface area contributed by atoms with Crippen LogP contribution in [0.4, 0.5) is 4.79 Å². The number of ether oxygens (including phenoxy) is 1. The van der Waals surface area contributed by atoms with Crippen molar-refractivity contribution in [2.24, 2.45) is 5.16 Å². The largest absolute Gasteiger partial charge is 0.482 e. The summed E-state index contributed by atoms with van der Waals surface area (Å²) >= 11 is 0. The fourth-order valence-electron chi connectivity index (χ4n) is 0.189. The van der Waals surface area contributed by atoms with E-state index in [9.17, 15) is 4.79 Å². The van der Waals surface area contributed by atoms with Gasteiger partial charge in [0, 0.05) is 14.0 Å². The van der Waals surface area contributed by atoms with Crippen LogP contribution in [0.1, 0.15) is 6.92 Å². The molecule has 0 fully saturated rings. The van der Waals surface area contributed by atoms with Crippen LogP contribution in [0, 0.1) is 0 Å². The highest BCUT2D eigenvalue weighted by molar-refractivity contribution is 5.74. The molecular weight excluding hydrogens is 136 g/mol. The number of carbonyl (C=O) groups excluding carboxylic acids is 1. The molecule has 0 spiro atoms. The summed E-state index contributed by atoms with van der Waals surface area (Å²) in [5.41, 5.74) is 0. The first kappa shape index (κ1) is 8.74. The second-order valence-electron chi connectivity index (χ2n) is 1.44. The highest BCUT2D eigenvalue weighted by Crippen LogP contribution is 1.81. The van der Waals surface area contributed by atoms with Gasteiger partial charge in [-0.25, -0.2) is 4.79 Å². The maximum Gasteiger partial charge on any atom is 0.433 e. The number of hydrogen-bond donors (Lipinski definition) is 1. The third-order valence-corrected chi connectivity index (χ3v) is 0.757. The minimum Gasteiger partial charge on any atom is -0.482 e. The van der Waals surface area contributed by atoms with Gasteiger partial charge in [0.05, 0.1) is 7.11 Å². The second kappa shape index (κ2) is 4.60. The molecule has 0 bridgehead atoms. The molecular formula is C5H10N2O3. The number of hydrogen-bond acceptors (Lipinski definition) is 4. The van der Waals surface area contributed by atoms with E-state index in [-0.39, 0.29) is 0 Å². The molecule has 1 N–H and O–H groups in total. The standard InChI is InChI=1S/C5H10N2O3/c1-4(9-3)7-10-5(8)6-2/h1-3H3,(H,6,8)/b7-4-. The van der Waals surface area contributed by atoms with E-state index in [1.807, 2.05) is 0 Å². The Balaban J connectivity index is 3.61. The minimum absolute atomic E-state index is 0.295. The summed E-state index contributed by atoms with van der Waals surface area (Å²) in [6.07, 6.45) is -0.614. The summed E-state index contributed by atoms with van der Waals surface area (Å²) in [5.74, 6) is 0.295. The Hall–Kier alpha value is -1.26. The Bertz CT molecular complexity index is 144. The van der Waals surface area contributed by atoms with Gasteiger partial charge in [0.15, 0.2) is 0 Å². The summed E-state index contributed by atoms with van der Waals surface area (Å²) in [6, 6.07) is 0. The molecule has 0 aliphatic heterocycles. The SMILES string of the molecule is CNC(=O)O/N=C(/C)OC. The third-order valence-electron chi connectivity index (χ3n) is 0.757. The number of nitrogens with one attached hydrogen (secondary N) is 1. The molecule has 0 saturated heterocycles. The van der Waals surface area contributed by atoms with Gasteiger partial charge in [-0.2, -0.15) is 0 Å². The fraction of sp³-hybridized carbons (Fsp3) is 0.600. The van der Waals surface area contributed by atoms with Gasteiger partial charge in [-0.1, -0.05) is 0 Å². The van der Waals surface area contributed by atoms with Gasteiger partial charge in [0.25, 0.3) is 0 Å². The van der Waals surface area contributed by atoms with Gasteiger partial charge in [0.2, 0.25) is 5.90 Å². The molecule has 0 aromatic carbocycles. The van der Waals surface area contributed by atoms with Crippen molar-refractivity contribution in [2.75, 3.05) is 14.2 Å². The van der Waals surface area contributed by atoms with Crippen molar-refractivity contribution in [3.63, 3.8) is 0 Å². The molecule has 0 aromatic rings. The smallest absolute Gasteiger partial charge is 0.433 e. The lowest BCUT2D eigenvalue weighted by Gasteiger charge is -1.96. The number of methoxy groups -OCH3 is 1. The van der Waals surface area contributed by atoms with Gasteiger partial charge < -0.3 is 10.1 Å². The molecule has 0 unspecified atom stereocenters. The predicted octanol–water partition coefficient (Wildman–Crippen LogP) is 0.322. The molecule has 1 amide bonds. The summed E-state index contributed by atoms with van der Waals surface area (Å²) in [6.45, 7) is 1.57. The van der Waals surface area contributed by atoms with Crippen LogP contribution < -0.4 is 5.32 Å². The van der Waals surface area contributed by atoms with Crippen LogP contribution in [-0.2, 0) is 9.57 Å². The number of amides is 1. The zero-order valence-electron chi connectivity index (χ0n) is 6.17. The van der Waals surface area contributed by atoms with Crippen LogP contribution >= 0.6 is 0 Å². The van der Waals surface area contributed by atoms with Crippen LogP contribution in [0.2, 0.25) is 0 Å². The number of nitrogens with zero attached hydrogens (tertiary/aromatic N) is 1. The van der Waals surface area contributed by atoms with Gasteiger partial charge in [-0.3, -0.25) is 4.84 Å². The van der Waals surface area contributed by atoms with Gasteiger partial charge >= 0.3 is 6.09 Å². The number of rotatable bonds is 1. The van der Waals surface area contributed by atoms with E-state index in [0.29, 0.717) is 5.90 Å². The number of oxime groups is 1. The molecule has 0 aliphatic carbocycles. The van der Waals surface area contributed by atoms with E-state index in [2.05, 4.69) is 20.0 Å². The van der Waals surface area contributed by atoms with Crippen LogP contribution in [0.25, 0.3) is 0 Å². The lowest BCUT2D eigenvalue weighted by molar-refractivity contribution is 0.148. The molecule has 5 heteroatoms. The molecule has 0 aromatic heterocycles. The first-order valence-corrected chi connectivity index (χ1v) is 2.68. The lowest BCUT2D eigenvalue weighted by Crippen LogP contribution is -2.17. The van der Waals surface area contributed by atoms with E-state index in [4.69, 9.17) is 0 Å². The first-order valence-electron chi connectivity index (χ1n) is 2.68. The number of carbonyl (C=O) groups is 1. The average Bonchev–Trinajstić information content (AvgIpc) is 1.99. The Morgan fingerprint density at radius 2 is 2.20 bits per heavy atom. The Morgan fingerprint density at radius 1 is 1.60 bits per heavy atom. The van der Waals surface area contributed by atoms with E-state index in [1.54, 1.807) is 6.92 Å². The molecule has 0 heterocycles. The minimum atomic E-state index is -0.614. The van der Waals surface area contributed by atoms with Gasteiger partial charge in [0.1, 0.15) is 0 Å². The predicted molar refractivity (Wildman–Crippen MR) is 35.7 cm³/mol. The summed E-state index contributed by atoms with van der Waals surface area (Å²) in [5, 5.41) is 5.52. The summed E-state index contributed by atoms with van der Waals surface area (Å²) in [7, 11) is 2.88. The molecule has 0 radical (unpaired) electrons. The average molecular weight is 146 g/mol. The van der Waals surface area contributed by atoms with E-state index >= 15 is 0 Å². The topological polar surface area (TPSA) is 59.9 Å². The Kier molecular flexibility index (Phi) is 4.02. The zero-order chi connectivity index (χ0) is 7.98.